The van der Waals surface area contributed by atoms with E-state index >= 15 is 0 Å². The van der Waals surface area contributed by atoms with E-state index in [9.17, 15) is 0 Å². The van der Waals surface area contributed by atoms with E-state index in [0.29, 0.717) is 6.61 Å². The zero-order valence-electron chi connectivity index (χ0n) is 14.7. The number of ether oxygens (including phenoxy) is 1. The Kier molecular flexibility index (Phi) is 6.03. The lowest BCUT2D eigenvalue weighted by atomic mass is 9.75. The number of hydrogen-bond acceptors (Lipinski definition) is 3. The first kappa shape index (κ1) is 18.2. The first-order valence-electron chi connectivity index (χ1n) is 7.71. The molecule has 4 heteroatoms. The van der Waals surface area contributed by atoms with Crippen LogP contribution >= 0.6 is 0 Å². The first-order chi connectivity index (χ1) is 9.77. The van der Waals surface area contributed by atoms with Crippen molar-refractivity contribution in [3.8, 4) is 0 Å². The molecule has 1 aliphatic rings. The lowest BCUT2D eigenvalue weighted by molar-refractivity contribution is 0.00578. The molecule has 0 atom stereocenters. The van der Waals surface area contributed by atoms with Crippen molar-refractivity contribution < 1.29 is 14.0 Å². The second-order valence-electron chi connectivity index (χ2n) is 6.22. The van der Waals surface area contributed by atoms with Gasteiger partial charge in [0, 0.05) is 7.11 Å². The third kappa shape index (κ3) is 3.88. The van der Waals surface area contributed by atoms with E-state index in [0.717, 1.165) is 11.0 Å². The van der Waals surface area contributed by atoms with Crippen LogP contribution in [-0.2, 0) is 20.7 Å². The molecule has 0 spiro atoms. The van der Waals surface area contributed by atoms with Gasteiger partial charge in [-0.15, -0.1) is 0 Å². The van der Waals surface area contributed by atoms with Crippen molar-refractivity contribution in [2.75, 3.05) is 7.11 Å². The van der Waals surface area contributed by atoms with Crippen molar-refractivity contribution in [3.63, 3.8) is 0 Å². The highest BCUT2D eigenvalue weighted by molar-refractivity contribution is 6.62. The SMILES string of the molecule is CC.COCc1cc(C)ccc1B1OC(C)(C)C(C)(C)O1. The molecular weight excluding hydrogens is 263 g/mol. The quantitative estimate of drug-likeness (QED) is 0.798. The summed E-state index contributed by atoms with van der Waals surface area (Å²) in [6, 6.07) is 6.29. The third-order valence-corrected chi connectivity index (χ3v) is 4.11. The molecule has 0 radical (unpaired) electrons. The molecule has 0 amide bonds. The van der Waals surface area contributed by atoms with Crippen LogP contribution in [0.25, 0.3) is 0 Å². The monoisotopic (exact) mass is 292 g/mol. The molecule has 0 aliphatic carbocycles. The second kappa shape index (κ2) is 6.95. The minimum Gasteiger partial charge on any atom is -0.399 e. The number of hydrogen-bond donors (Lipinski definition) is 0. The molecule has 0 unspecified atom stereocenters. The van der Waals surface area contributed by atoms with E-state index in [-0.39, 0.29) is 18.3 Å². The fourth-order valence-corrected chi connectivity index (χ4v) is 2.22. The van der Waals surface area contributed by atoms with E-state index < -0.39 is 0 Å². The van der Waals surface area contributed by atoms with Crippen LogP contribution < -0.4 is 5.46 Å². The lowest BCUT2D eigenvalue weighted by Gasteiger charge is -2.32. The van der Waals surface area contributed by atoms with Gasteiger partial charge in [0.15, 0.2) is 0 Å². The molecule has 3 nitrogen and oxygen atoms in total. The molecule has 0 N–H and O–H groups in total. The Morgan fingerprint density at radius 2 is 1.57 bits per heavy atom. The highest BCUT2D eigenvalue weighted by Crippen LogP contribution is 2.36. The molecule has 0 bridgehead atoms. The number of methoxy groups -OCH3 is 1. The largest absolute Gasteiger partial charge is 0.495 e. The molecule has 2 rings (SSSR count). The van der Waals surface area contributed by atoms with Crippen molar-refractivity contribution >= 4 is 12.6 Å². The van der Waals surface area contributed by atoms with Gasteiger partial charge in [-0.05, 0) is 45.6 Å². The normalized spacial score (nSPS) is 19.1. The van der Waals surface area contributed by atoms with Crippen molar-refractivity contribution in [2.24, 2.45) is 0 Å². The average molecular weight is 292 g/mol. The first-order valence-corrected chi connectivity index (χ1v) is 7.71. The molecule has 0 saturated carbocycles. The van der Waals surface area contributed by atoms with Gasteiger partial charge in [-0.2, -0.15) is 0 Å². The molecule has 118 valence electrons. The Balaban J connectivity index is 0.00000106. The van der Waals surface area contributed by atoms with E-state index in [4.69, 9.17) is 14.0 Å². The summed E-state index contributed by atoms with van der Waals surface area (Å²) in [4.78, 5) is 0. The Morgan fingerprint density at radius 3 is 2.05 bits per heavy atom. The molecule has 1 aliphatic heterocycles. The predicted molar refractivity (Wildman–Crippen MR) is 89.0 cm³/mol. The summed E-state index contributed by atoms with van der Waals surface area (Å²) in [5, 5.41) is 0. The predicted octanol–water partition coefficient (Wildman–Crippen LogP) is 3.47. The summed E-state index contributed by atoms with van der Waals surface area (Å²) in [7, 11) is 1.38. The fourth-order valence-electron chi connectivity index (χ4n) is 2.22. The van der Waals surface area contributed by atoms with Gasteiger partial charge in [0.2, 0.25) is 0 Å². The average Bonchev–Trinajstić information content (AvgIpc) is 2.61. The molecule has 21 heavy (non-hydrogen) atoms. The molecule has 1 heterocycles. The summed E-state index contributed by atoms with van der Waals surface area (Å²) in [5.74, 6) is 0. The minimum atomic E-state index is -0.323. The van der Waals surface area contributed by atoms with Gasteiger partial charge in [0.05, 0.1) is 17.8 Å². The molecule has 1 aromatic carbocycles. The van der Waals surface area contributed by atoms with Gasteiger partial charge in [-0.3, -0.25) is 0 Å². The van der Waals surface area contributed by atoms with Crippen LogP contribution in [0.5, 0.6) is 0 Å². The lowest BCUT2D eigenvalue weighted by Crippen LogP contribution is -2.41. The fraction of sp³-hybridized carbons (Fsp3) is 0.647. The maximum Gasteiger partial charge on any atom is 0.495 e. The van der Waals surface area contributed by atoms with Crippen LogP contribution in [-0.4, -0.2) is 25.4 Å². The highest BCUT2D eigenvalue weighted by atomic mass is 16.7. The summed E-state index contributed by atoms with van der Waals surface area (Å²) >= 11 is 0. The van der Waals surface area contributed by atoms with E-state index in [1.807, 2.05) is 13.8 Å². The Labute approximate surface area is 130 Å². The second-order valence-corrected chi connectivity index (χ2v) is 6.22. The van der Waals surface area contributed by atoms with Crippen molar-refractivity contribution in [1.82, 2.24) is 0 Å². The summed E-state index contributed by atoms with van der Waals surface area (Å²) < 4.78 is 17.5. The Bertz CT molecular complexity index is 453. The maximum absolute atomic E-state index is 6.10. The Hall–Kier alpha value is -0.835. The van der Waals surface area contributed by atoms with Crippen molar-refractivity contribution in [2.45, 2.75) is 66.3 Å². The highest BCUT2D eigenvalue weighted by Gasteiger charge is 2.52. The summed E-state index contributed by atoms with van der Waals surface area (Å²) in [6.07, 6.45) is 0. The molecule has 1 aromatic rings. The minimum absolute atomic E-state index is 0.313. The molecule has 1 saturated heterocycles. The van der Waals surface area contributed by atoms with Crippen LogP contribution in [0.15, 0.2) is 18.2 Å². The summed E-state index contributed by atoms with van der Waals surface area (Å²) in [5.41, 5.74) is 2.78. The summed E-state index contributed by atoms with van der Waals surface area (Å²) in [6.45, 7) is 14.9. The Morgan fingerprint density at radius 1 is 1.05 bits per heavy atom. The van der Waals surface area contributed by atoms with Gasteiger partial charge in [0.1, 0.15) is 0 Å². The van der Waals surface area contributed by atoms with Gasteiger partial charge in [0.25, 0.3) is 0 Å². The standard InChI is InChI=1S/C15H23BO3.C2H6/c1-11-7-8-13(12(9-11)10-17-6)16-18-14(2,3)15(4,5)19-16;1-2/h7-9H,10H2,1-6H3;1-2H3. The zero-order valence-corrected chi connectivity index (χ0v) is 14.7. The van der Waals surface area contributed by atoms with Gasteiger partial charge in [-0.1, -0.05) is 37.6 Å². The van der Waals surface area contributed by atoms with Crippen LogP contribution in [0.4, 0.5) is 0 Å². The number of rotatable bonds is 3. The number of benzene rings is 1. The van der Waals surface area contributed by atoms with Crippen molar-refractivity contribution in [1.29, 1.82) is 0 Å². The van der Waals surface area contributed by atoms with Crippen LogP contribution in [0.3, 0.4) is 0 Å². The van der Waals surface area contributed by atoms with Gasteiger partial charge >= 0.3 is 7.12 Å². The maximum atomic E-state index is 6.10. The molecule has 0 aromatic heterocycles. The third-order valence-electron chi connectivity index (χ3n) is 4.11. The van der Waals surface area contributed by atoms with Crippen molar-refractivity contribution in [3.05, 3.63) is 29.3 Å². The van der Waals surface area contributed by atoms with Gasteiger partial charge in [-0.25, -0.2) is 0 Å². The number of aryl methyl sites for hydroxylation is 1. The molecule has 1 fully saturated rings. The van der Waals surface area contributed by atoms with E-state index in [2.05, 4.69) is 52.8 Å². The van der Waals surface area contributed by atoms with Crippen LogP contribution in [0.1, 0.15) is 52.7 Å². The smallest absolute Gasteiger partial charge is 0.399 e. The van der Waals surface area contributed by atoms with Crippen LogP contribution in [0.2, 0.25) is 0 Å². The van der Waals surface area contributed by atoms with E-state index in [1.165, 1.54) is 5.56 Å². The van der Waals surface area contributed by atoms with Crippen LogP contribution in [0, 0.1) is 6.92 Å². The van der Waals surface area contributed by atoms with Gasteiger partial charge < -0.3 is 14.0 Å². The zero-order chi connectivity index (χ0) is 16.3. The molecular formula is C17H29BO3. The topological polar surface area (TPSA) is 27.7 Å². The van der Waals surface area contributed by atoms with E-state index in [1.54, 1.807) is 7.11 Å².